The van der Waals surface area contributed by atoms with Crippen molar-refractivity contribution in [3.8, 4) is 0 Å². The Bertz CT molecular complexity index is 1170. The van der Waals surface area contributed by atoms with Crippen molar-refractivity contribution < 1.29 is 40.7 Å². The van der Waals surface area contributed by atoms with Gasteiger partial charge in [0.15, 0.2) is 5.78 Å². The van der Waals surface area contributed by atoms with Crippen molar-refractivity contribution in [3.05, 3.63) is 60.2 Å². The Morgan fingerprint density at radius 1 is 0.971 bits per heavy atom. The Labute approximate surface area is 213 Å². The lowest BCUT2D eigenvalue weighted by Gasteiger charge is -2.13. The average molecular weight is 582 g/mol. The minimum atomic E-state index is -4.98. The zero-order chi connectivity index (χ0) is 26.7. The summed E-state index contributed by atoms with van der Waals surface area (Å²) in [5, 5.41) is 2.95. The molecule has 0 fully saturated rings. The lowest BCUT2D eigenvalue weighted by atomic mass is 10.0. The minimum Gasteiger partial charge on any atom is -0.345 e. The maximum absolute atomic E-state index is 13.7. The van der Waals surface area contributed by atoms with Gasteiger partial charge in [-0.15, -0.1) is 11.3 Å². The molecule has 190 valence electrons. The smallest absolute Gasteiger partial charge is 0.345 e. The van der Waals surface area contributed by atoms with Gasteiger partial charge >= 0.3 is 12.4 Å². The van der Waals surface area contributed by atoms with Crippen molar-refractivity contribution in [1.82, 2.24) is 10.6 Å². The lowest BCUT2D eigenvalue weighted by molar-refractivity contribution is -0.137. The third-order valence-electron chi connectivity index (χ3n) is 4.14. The molecule has 0 atom stereocenters. The van der Waals surface area contributed by atoms with Crippen LogP contribution in [0.2, 0.25) is 15.1 Å². The van der Waals surface area contributed by atoms with E-state index in [2.05, 4.69) is 5.32 Å². The molecule has 0 aliphatic heterocycles. The molecule has 0 aliphatic carbocycles. The van der Waals surface area contributed by atoms with Gasteiger partial charge in [0.25, 0.3) is 5.91 Å². The summed E-state index contributed by atoms with van der Waals surface area (Å²) >= 11 is 17.9. The van der Waals surface area contributed by atoms with Crippen LogP contribution in [0.15, 0.2) is 24.3 Å². The van der Waals surface area contributed by atoms with Crippen LogP contribution in [0.25, 0.3) is 5.57 Å². The molecule has 0 spiro atoms. The Balaban J connectivity index is 2.25. The van der Waals surface area contributed by atoms with Crippen molar-refractivity contribution in [2.45, 2.75) is 19.3 Å². The number of hydrogen-bond donors (Lipinski definition) is 2. The van der Waals surface area contributed by atoms with Crippen LogP contribution in [0, 0.1) is 6.92 Å². The number of ketones is 1. The third kappa shape index (κ3) is 8.13. The highest BCUT2D eigenvalue weighted by atomic mass is 35.5. The molecule has 0 saturated heterocycles. The van der Waals surface area contributed by atoms with E-state index in [0.29, 0.717) is 17.4 Å². The van der Waals surface area contributed by atoms with Crippen LogP contribution < -0.4 is 10.6 Å². The Hall–Kier alpha value is -2.28. The van der Waals surface area contributed by atoms with E-state index in [1.165, 1.54) is 6.92 Å². The van der Waals surface area contributed by atoms with Crippen molar-refractivity contribution in [3.63, 3.8) is 0 Å². The topological polar surface area (TPSA) is 75.3 Å². The van der Waals surface area contributed by atoms with E-state index in [1.807, 2.05) is 0 Å². The van der Waals surface area contributed by atoms with Crippen LogP contribution in [-0.4, -0.2) is 43.0 Å². The number of benzene rings is 1. The average Bonchev–Trinajstić information content (AvgIpc) is 3.12. The molecule has 15 heteroatoms. The first-order valence-corrected chi connectivity index (χ1v) is 11.1. The molecule has 0 radical (unpaired) electrons. The Morgan fingerprint density at radius 2 is 1.54 bits per heavy atom. The summed E-state index contributed by atoms with van der Waals surface area (Å²) < 4.78 is 77.3. The number of rotatable bonds is 7. The summed E-state index contributed by atoms with van der Waals surface area (Å²) in [7, 11) is 0. The molecule has 2 N–H and O–H groups in total. The standard InChI is InChI=1S/C20H13Cl3F6N2O3S/c1-8-2-14(35-17(8)18(34)30-6-15(33)31-7-19(24,25)26)13(32)5-10(20(27,28)29)9-3-11(21)16(23)12(22)4-9/h2-5H,6-7H2,1H3,(H,30,34)(H,31,33). The van der Waals surface area contributed by atoms with Gasteiger partial charge in [-0.25, -0.2) is 0 Å². The number of halogens is 9. The molecule has 2 aromatic rings. The van der Waals surface area contributed by atoms with Crippen LogP contribution in [-0.2, 0) is 4.79 Å². The molecule has 1 aromatic carbocycles. The second-order valence-electron chi connectivity index (χ2n) is 6.87. The Morgan fingerprint density at radius 3 is 2.06 bits per heavy atom. The molecular formula is C20H13Cl3F6N2O3S. The zero-order valence-corrected chi connectivity index (χ0v) is 20.3. The first-order valence-electron chi connectivity index (χ1n) is 9.20. The van der Waals surface area contributed by atoms with E-state index in [0.717, 1.165) is 18.2 Å². The van der Waals surface area contributed by atoms with Gasteiger partial charge in [0.1, 0.15) is 6.54 Å². The first-order chi connectivity index (χ1) is 16.0. The van der Waals surface area contributed by atoms with Gasteiger partial charge in [-0.05, 0) is 42.3 Å². The lowest BCUT2D eigenvalue weighted by Crippen LogP contribution is -2.40. The summed E-state index contributed by atoms with van der Waals surface area (Å²) in [6.45, 7) is -0.985. The van der Waals surface area contributed by atoms with Gasteiger partial charge < -0.3 is 10.6 Å². The van der Waals surface area contributed by atoms with E-state index in [-0.39, 0.29) is 30.4 Å². The number of thiophene rings is 1. The van der Waals surface area contributed by atoms with Gasteiger partial charge in [0, 0.05) is 0 Å². The normalized spacial score (nSPS) is 12.5. The number of amides is 2. The summed E-state index contributed by atoms with van der Waals surface area (Å²) in [4.78, 5) is 35.9. The molecule has 1 heterocycles. The SMILES string of the molecule is Cc1cc(C(=O)C=C(c2cc(Cl)c(Cl)c(Cl)c2)C(F)(F)F)sc1C(=O)NCC(=O)NCC(F)(F)F. The van der Waals surface area contributed by atoms with Crippen LogP contribution in [0.3, 0.4) is 0 Å². The van der Waals surface area contributed by atoms with Crippen LogP contribution in [0.5, 0.6) is 0 Å². The summed E-state index contributed by atoms with van der Waals surface area (Å²) in [5.74, 6) is -3.10. The van der Waals surface area contributed by atoms with Crippen molar-refractivity contribution in [1.29, 1.82) is 0 Å². The molecule has 35 heavy (non-hydrogen) atoms. The van der Waals surface area contributed by atoms with Crippen molar-refractivity contribution in [2.75, 3.05) is 13.1 Å². The van der Waals surface area contributed by atoms with Gasteiger partial charge in [-0.1, -0.05) is 34.8 Å². The molecule has 2 amide bonds. The number of allylic oxidation sites excluding steroid dienone is 2. The number of alkyl halides is 6. The zero-order valence-electron chi connectivity index (χ0n) is 17.3. The molecule has 0 saturated carbocycles. The highest BCUT2D eigenvalue weighted by Gasteiger charge is 2.36. The molecule has 0 unspecified atom stereocenters. The molecule has 2 rings (SSSR count). The second-order valence-corrected chi connectivity index (χ2v) is 9.12. The number of hydrogen-bond acceptors (Lipinski definition) is 4. The van der Waals surface area contributed by atoms with Crippen molar-refractivity contribution >= 4 is 69.3 Å². The van der Waals surface area contributed by atoms with Gasteiger partial charge in [-0.3, -0.25) is 14.4 Å². The fourth-order valence-electron chi connectivity index (χ4n) is 2.57. The van der Waals surface area contributed by atoms with E-state index < -0.39 is 54.2 Å². The van der Waals surface area contributed by atoms with Gasteiger partial charge in [0.05, 0.1) is 36.9 Å². The molecule has 5 nitrogen and oxygen atoms in total. The summed E-state index contributed by atoms with van der Waals surface area (Å²) in [6, 6.07) is 2.95. The van der Waals surface area contributed by atoms with Crippen molar-refractivity contribution in [2.24, 2.45) is 0 Å². The largest absolute Gasteiger partial charge is 0.417 e. The molecule has 0 aliphatic rings. The fraction of sp³-hybridized carbons (Fsp3) is 0.250. The monoisotopic (exact) mass is 580 g/mol. The number of carbonyl (C=O) groups excluding carboxylic acids is 3. The van der Waals surface area contributed by atoms with Crippen LogP contribution in [0.1, 0.15) is 30.5 Å². The molecule has 1 aromatic heterocycles. The van der Waals surface area contributed by atoms with Crippen LogP contribution in [0.4, 0.5) is 26.3 Å². The fourth-order valence-corrected chi connectivity index (χ4v) is 4.17. The van der Waals surface area contributed by atoms with Gasteiger partial charge in [-0.2, -0.15) is 26.3 Å². The minimum absolute atomic E-state index is 0.114. The predicted molar refractivity (Wildman–Crippen MR) is 120 cm³/mol. The third-order valence-corrected chi connectivity index (χ3v) is 6.59. The maximum atomic E-state index is 13.7. The number of aryl methyl sites for hydroxylation is 1. The van der Waals surface area contributed by atoms with Gasteiger partial charge in [0.2, 0.25) is 5.91 Å². The van der Waals surface area contributed by atoms with E-state index >= 15 is 0 Å². The molecular weight excluding hydrogens is 569 g/mol. The summed E-state index contributed by atoms with van der Waals surface area (Å²) in [5.41, 5.74) is -1.67. The second kappa shape index (κ2) is 11.2. The highest BCUT2D eigenvalue weighted by Crippen LogP contribution is 2.39. The molecule has 0 bridgehead atoms. The van der Waals surface area contributed by atoms with E-state index in [4.69, 9.17) is 34.8 Å². The maximum Gasteiger partial charge on any atom is 0.417 e. The van der Waals surface area contributed by atoms with Crippen LogP contribution >= 0.6 is 46.1 Å². The first kappa shape index (κ1) is 29.0. The van der Waals surface area contributed by atoms with E-state index in [1.54, 1.807) is 5.32 Å². The van der Waals surface area contributed by atoms with E-state index in [9.17, 15) is 40.7 Å². The quantitative estimate of drug-likeness (QED) is 0.176. The summed E-state index contributed by atoms with van der Waals surface area (Å²) in [6.07, 6.45) is -9.30. The highest BCUT2D eigenvalue weighted by molar-refractivity contribution is 7.16. The Kier molecular flexibility index (Phi) is 9.26. The number of carbonyl (C=O) groups is 3. The number of nitrogens with one attached hydrogen (secondary N) is 2. The predicted octanol–water partition coefficient (Wildman–Crippen LogP) is 6.25.